The van der Waals surface area contributed by atoms with Crippen molar-refractivity contribution in [2.75, 3.05) is 19.7 Å². The average molecular weight is 222 g/mol. The number of hydrogen-bond donors (Lipinski definition) is 1. The Bertz CT molecular complexity index is 276. The molecule has 0 aromatic heterocycles. The van der Waals surface area contributed by atoms with Gasteiger partial charge in [-0.25, -0.2) is 0 Å². The van der Waals surface area contributed by atoms with Crippen molar-refractivity contribution in [3.8, 4) is 0 Å². The molecule has 1 heterocycles. The second-order valence-corrected chi connectivity index (χ2v) is 5.52. The first-order valence-corrected chi connectivity index (χ1v) is 6.25. The molecule has 14 heavy (non-hydrogen) atoms. The Morgan fingerprint density at radius 3 is 2.64 bits per heavy atom. The van der Waals surface area contributed by atoms with Crippen LogP contribution in [0.4, 0.5) is 0 Å². The zero-order valence-corrected chi connectivity index (χ0v) is 9.67. The summed E-state index contributed by atoms with van der Waals surface area (Å²) in [5, 5.41) is 0. The number of hydrogen-bond acceptors (Lipinski definition) is 3. The van der Waals surface area contributed by atoms with Crippen molar-refractivity contribution in [2.45, 2.75) is 32.9 Å². The molecule has 1 aliphatic heterocycles. The summed E-state index contributed by atoms with van der Waals surface area (Å²) in [6.07, 6.45) is -0.0208. The van der Waals surface area contributed by atoms with Crippen LogP contribution in [0.2, 0.25) is 0 Å². The number of nitrogens with one attached hydrogen (secondary N) is 1. The molecule has 1 rings (SSSR count). The van der Waals surface area contributed by atoms with Crippen molar-refractivity contribution in [3.05, 3.63) is 0 Å². The molecule has 1 N–H and O–H groups in total. The lowest BCUT2D eigenvalue weighted by Gasteiger charge is -2.30. The quantitative estimate of drug-likeness (QED) is 0.728. The minimum Gasteiger partial charge on any atom is -0.376 e. The summed E-state index contributed by atoms with van der Waals surface area (Å²) in [6.45, 7) is 6.83. The molecule has 0 bridgehead atoms. The summed E-state index contributed by atoms with van der Waals surface area (Å²) in [6, 6.07) is -0.0712. The van der Waals surface area contributed by atoms with Crippen LogP contribution in [0.15, 0.2) is 0 Å². The second-order valence-electron chi connectivity index (χ2n) is 3.82. The summed E-state index contributed by atoms with van der Waals surface area (Å²) >= 11 is 0. The molecule has 0 spiro atoms. The first-order valence-electron chi connectivity index (χ1n) is 4.81. The van der Waals surface area contributed by atoms with Crippen LogP contribution in [-0.4, -0.2) is 44.6 Å². The lowest BCUT2D eigenvalue weighted by atomic mass is 10.3. The van der Waals surface area contributed by atoms with Crippen molar-refractivity contribution in [3.63, 3.8) is 0 Å². The largest absolute Gasteiger partial charge is 0.376 e. The van der Waals surface area contributed by atoms with Gasteiger partial charge in [0.15, 0.2) is 0 Å². The van der Waals surface area contributed by atoms with E-state index >= 15 is 0 Å². The van der Waals surface area contributed by atoms with E-state index < -0.39 is 10.2 Å². The van der Waals surface area contributed by atoms with Gasteiger partial charge in [0.25, 0.3) is 10.2 Å². The van der Waals surface area contributed by atoms with Gasteiger partial charge in [-0.2, -0.15) is 17.4 Å². The molecule has 0 aromatic rings. The number of nitrogens with zero attached hydrogens (tertiary/aromatic N) is 1. The Kier molecular flexibility index (Phi) is 3.88. The summed E-state index contributed by atoms with van der Waals surface area (Å²) < 4.78 is 32.7. The van der Waals surface area contributed by atoms with Crippen LogP contribution >= 0.6 is 0 Å². The molecule has 0 aromatic carbocycles. The minimum absolute atomic E-state index is 0.0208. The van der Waals surface area contributed by atoms with Gasteiger partial charge in [0, 0.05) is 19.1 Å². The Balaban J connectivity index is 2.62. The number of ether oxygens (including phenoxy) is 1. The summed E-state index contributed by atoms with van der Waals surface area (Å²) in [7, 11) is -3.31. The Hall–Kier alpha value is -0.170. The normalized spacial score (nSPS) is 25.6. The highest BCUT2D eigenvalue weighted by molar-refractivity contribution is 7.87. The first kappa shape index (κ1) is 11.9. The Morgan fingerprint density at radius 1 is 1.50 bits per heavy atom. The molecular formula is C8H18N2O3S. The van der Waals surface area contributed by atoms with Gasteiger partial charge in [0.2, 0.25) is 0 Å². The molecule has 1 fully saturated rings. The monoisotopic (exact) mass is 222 g/mol. The third-order valence-corrected chi connectivity index (χ3v) is 3.71. The molecule has 84 valence electrons. The smallest absolute Gasteiger partial charge is 0.279 e. The standard InChI is InChI=1S/C8H18N2O3S/c1-7(2)9-14(11,12)10-4-5-13-8(3)6-10/h7-9H,4-6H2,1-3H3. The molecule has 1 atom stereocenters. The van der Waals surface area contributed by atoms with Crippen LogP contribution in [-0.2, 0) is 14.9 Å². The van der Waals surface area contributed by atoms with Crippen molar-refractivity contribution in [1.82, 2.24) is 9.03 Å². The van der Waals surface area contributed by atoms with E-state index in [9.17, 15) is 8.42 Å². The maximum Gasteiger partial charge on any atom is 0.279 e. The third kappa shape index (κ3) is 3.20. The predicted molar refractivity (Wildman–Crippen MR) is 54.2 cm³/mol. The molecule has 0 radical (unpaired) electrons. The highest BCUT2D eigenvalue weighted by Gasteiger charge is 2.27. The van der Waals surface area contributed by atoms with E-state index in [1.807, 2.05) is 6.92 Å². The fraction of sp³-hybridized carbons (Fsp3) is 1.00. The summed E-state index contributed by atoms with van der Waals surface area (Å²) in [5.41, 5.74) is 0. The highest BCUT2D eigenvalue weighted by Crippen LogP contribution is 2.08. The SMILES string of the molecule is CC(C)NS(=O)(=O)N1CCOC(C)C1. The van der Waals surface area contributed by atoms with Crippen LogP contribution in [0.3, 0.4) is 0 Å². The highest BCUT2D eigenvalue weighted by atomic mass is 32.2. The molecule has 0 aliphatic carbocycles. The lowest BCUT2D eigenvalue weighted by Crippen LogP contribution is -2.50. The van der Waals surface area contributed by atoms with Gasteiger partial charge >= 0.3 is 0 Å². The van der Waals surface area contributed by atoms with E-state index in [2.05, 4.69) is 4.72 Å². The van der Waals surface area contributed by atoms with Crippen LogP contribution in [0, 0.1) is 0 Å². The van der Waals surface area contributed by atoms with Gasteiger partial charge in [0.1, 0.15) is 0 Å². The predicted octanol–water partition coefficient (Wildman–Crippen LogP) is -0.0501. The maximum atomic E-state index is 11.7. The zero-order chi connectivity index (χ0) is 10.8. The van der Waals surface area contributed by atoms with Crippen molar-refractivity contribution >= 4 is 10.2 Å². The molecule has 5 nitrogen and oxygen atoms in total. The van der Waals surface area contributed by atoms with Crippen LogP contribution in [0.25, 0.3) is 0 Å². The van der Waals surface area contributed by atoms with E-state index in [1.165, 1.54) is 4.31 Å². The summed E-state index contributed by atoms with van der Waals surface area (Å²) in [4.78, 5) is 0. The van der Waals surface area contributed by atoms with Crippen LogP contribution in [0.5, 0.6) is 0 Å². The van der Waals surface area contributed by atoms with Gasteiger partial charge < -0.3 is 4.74 Å². The molecule has 1 unspecified atom stereocenters. The van der Waals surface area contributed by atoms with E-state index in [0.29, 0.717) is 19.7 Å². The van der Waals surface area contributed by atoms with Gasteiger partial charge in [0.05, 0.1) is 12.7 Å². The fourth-order valence-electron chi connectivity index (χ4n) is 1.38. The van der Waals surface area contributed by atoms with E-state index in [4.69, 9.17) is 4.74 Å². The topological polar surface area (TPSA) is 58.6 Å². The number of rotatable bonds is 3. The third-order valence-electron chi connectivity index (χ3n) is 1.93. The zero-order valence-electron chi connectivity index (χ0n) is 8.86. The van der Waals surface area contributed by atoms with Crippen molar-refractivity contribution in [1.29, 1.82) is 0 Å². The average Bonchev–Trinajstić information content (AvgIpc) is 2.01. The number of morpholine rings is 1. The van der Waals surface area contributed by atoms with Crippen molar-refractivity contribution in [2.24, 2.45) is 0 Å². The maximum absolute atomic E-state index is 11.7. The van der Waals surface area contributed by atoms with E-state index in [0.717, 1.165) is 0 Å². The van der Waals surface area contributed by atoms with Crippen LogP contribution < -0.4 is 4.72 Å². The summed E-state index contributed by atoms with van der Waals surface area (Å²) in [5.74, 6) is 0. The fourth-order valence-corrected chi connectivity index (χ4v) is 2.84. The molecule has 1 aliphatic rings. The van der Waals surface area contributed by atoms with Gasteiger partial charge in [-0.3, -0.25) is 0 Å². The van der Waals surface area contributed by atoms with Gasteiger partial charge in [-0.05, 0) is 20.8 Å². The van der Waals surface area contributed by atoms with Crippen molar-refractivity contribution < 1.29 is 13.2 Å². The van der Waals surface area contributed by atoms with Gasteiger partial charge in [-0.1, -0.05) is 0 Å². The molecule has 6 heteroatoms. The molecular weight excluding hydrogens is 204 g/mol. The first-order chi connectivity index (χ1) is 6.42. The Morgan fingerprint density at radius 2 is 2.14 bits per heavy atom. The molecule has 0 saturated carbocycles. The Labute approximate surface area is 85.6 Å². The second kappa shape index (κ2) is 4.57. The molecule has 1 saturated heterocycles. The minimum atomic E-state index is -3.31. The van der Waals surface area contributed by atoms with E-state index in [1.54, 1.807) is 13.8 Å². The van der Waals surface area contributed by atoms with Crippen LogP contribution in [0.1, 0.15) is 20.8 Å². The van der Waals surface area contributed by atoms with Gasteiger partial charge in [-0.15, -0.1) is 0 Å². The lowest BCUT2D eigenvalue weighted by molar-refractivity contribution is 0.00970. The molecule has 0 amide bonds. The van der Waals surface area contributed by atoms with E-state index in [-0.39, 0.29) is 12.1 Å².